The van der Waals surface area contributed by atoms with Gasteiger partial charge in [0.05, 0.1) is 0 Å². The van der Waals surface area contributed by atoms with Crippen molar-refractivity contribution in [3.05, 3.63) is 0 Å². The van der Waals surface area contributed by atoms with Gasteiger partial charge < -0.3 is 0 Å². The Morgan fingerprint density at radius 1 is 1.45 bits per heavy atom. The molecule has 0 spiro atoms. The molecule has 65 valence electrons. The molecule has 0 aliphatic heterocycles. The van der Waals surface area contributed by atoms with Crippen molar-refractivity contribution in [2.45, 2.75) is 13.8 Å². The van der Waals surface area contributed by atoms with E-state index in [2.05, 4.69) is 12.2 Å². The molecule has 0 heterocycles. The fourth-order valence-electron chi connectivity index (χ4n) is 0.537. The normalized spacial score (nSPS) is 16.1. The molecule has 0 fully saturated rings. The Balaban J connectivity index is 5.26. The van der Waals surface area contributed by atoms with Crippen LogP contribution >= 0.6 is 15.8 Å². The van der Waals surface area contributed by atoms with E-state index in [9.17, 15) is 14.5 Å². The van der Waals surface area contributed by atoms with Gasteiger partial charge >= 0.3 is 83.7 Å². The monoisotopic (exact) mass is 297 g/mol. The third kappa shape index (κ3) is 4.04. The zero-order valence-electron chi connectivity index (χ0n) is 5.97. The van der Waals surface area contributed by atoms with Gasteiger partial charge in [-0.1, -0.05) is 0 Å². The molecule has 0 bridgehead atoms. The molecule has 0 aromatic rings. The molecule has 0 aromatic carbocycles. The quantitative estimate of drug-likeness (QED) is 0.396. The summed E-state index contributed by atoms with van der Waals surface area (Å²) in [6.45, 7) is 2.60. The fourth-order valence-corrected chi connectivity index (χ4v) is 10.3. The van der Waals surface area contributed by atoms with E-state index >= 15 is 0 Å². The average molecular weight is 295 g/mol. The number of carbonyl (C=O) groups excluding carboxylic acids is 2. The van der Waals surface area contributed by atoms with Crippen LogP contribution in [0, 0.1) is 0 Å². The molecule has 7 heteroatoms. The van der Waals surface area contributed by atoms with Gasteiger partial charge in [0.1, 0.15) is 0 Å². The van der Waals surface area contributed by atoms with E-state index in [1.54, 1.807) is 0 Å². The van der Waals surface area contributed by atoms with Crippen LogP contribution in [-0.4, -0.2) is 15.1 Å². The van der Waals surface area contributed by atoms with Gasteiger partial charge in [-0.3, -0.25) is 0 Å². The molecule has 1 N–H and O–H groups in total. The van der Waals surface area contributed by atoms with Crippen molar-refractivity contribution in [2.24, 2.45) is 0 Å². The van der Waals surface area contributed by atoms with Crippen LogP contribution in [0.15, 0.2) is 0 Å². The summed E-state index contributed by atoms with van der Waals surface area (Å²) in [7, 11) is -1.19. The van der Waals surface area contributed by atoms with Crippen molar-refractivity contribution in [1.29, 1.82) is 0 Å². The molecule has 0 aliphatic rings. The van der Waals surface area contributed by atoms with Crippen molar-refractivity contribution < 1.29 is 33.8 Å². The van der Waals surface area contributed by atoms with Gasteiger partial charge in [0, 0.05) is 0 Å². The third-order valence-electron chi connectivity index (χ3n) is 0.782. The van der Waals surface area contributed by atoms with Crippen molar-refractivity contribution in [2.75, 3.05) is 0 Å². The van der Waals surface area contributed by atoms with Crippen LogP contribution in [-0.2, 0) is 39.0 Å². The maximum atomic E-state index is 10.8. The van der Waals surface area contributed by atoms with Gasteiger partial charge in [-0.05, 0) is 0 Å². The maximum absolute atomic E-state index is 10.8. The van der Waals surface area contributed by atoms with E-state index in [0.29, 0.717) is 0 Å². The van der Waals surface area contributed by atoms with Crippen LogP contribution in [0.5, 0.6) is 0 Å². The number of hydrogen-bond acceptors (Lipinski definition) is 2. The van der Waals surface area contributed by atoms with Crippen LogP contribution in [0.2, 0.25) is 0 Å². The summed E-state index contributed by atoms with van der Waals surface area (Å²) in [4.78, 5) is 31.1. The van der Waals surface area contributed by atoms with Gasteiger partial charge in [-0.15, -0.1) is 0 Å². The summed E-state index contributed by atoms with van der Waals surface area (Å²) < 4.78 is -2.60. The van der Waals surface area contributed by atoms with Gasteiger partial charge in [-0.25, -0.2) is 0 Å². The minimum absolute atomic E-state index is 0.284. The SMILES string of the molecule is CC(=O)S(C(C)=O)=[P](O)(S)[Mo]. The summed E-state index contributed by atoms with van der Waals surface area (Å²) in [5.74, 6) is 0. The van der Waals surface area contributed by atoms with Crippen LogP contribution in [0.25, 0.3) is 0 Å². The molecule has 0 amide bonds. The van der Waals surface area contributed by atoms with Crippen LogP contribution < -0.4 is 0 Å². The van der Waals surface area contributed by atoms with Crippen molar-refractivity contribution >= 4 is 36.1 Å². The van der Waals surface area contributed by atoms with E-state index in [4.69, 9.17) is 0 Å². The predicted molar refractivity (Wildman–Crippen MR) is 46.9 cm³/mol. The summed E-state index contributed by atoms with van der Waals surface area (Å²) in [6.07, 6.45) is 0. The van der Waals surface area contributed by atoms with Crippen LogP contribution in [0.1, 0.15) is 13.8 Å². The fraction of sp³-hybridized carbons (Fsp3) is 0.500. The van der Waals surface area contributed by atoms with Gasteiger partial charge in [0.25, 0.3) is 0 Å². The second kappa shape index (κ2) is 4.38. The zero-order valence-corrected chi connectivity index (χ0v) is 10.6. The van der Waals surface area contributed by atoms with Crippen molar-refractivity contribution in [1.82, 2.24) is 0 Å². The molecule has 0 aromatic heterocycles. The average Bonchev–Trinajstić information content (AvgIpc) is 1.54. The van der Waals surface area contributed by atoms with E-state index < -0.39 is 13.6 Å². The number of hydrogen-bond donors (Lipinski definition) is 2. The third-order valence-corrected chi connectivity index (χ3v) is 10.1. The molecule has 0 rings (SSSR count). The van der Waals surface area contributed by atoms with Gasteiger partial charge in [0.15, 0.2) is 0 Å². The Bertz CT molecular complexity index is 232. The first-order valence-electron chi connectivity index (χ1n) is 2.58. The molecule has 0 aliphatic carbocycles. The molecule has 3 nitrogen and oxygen atoms in total. The van der Waals surface area contributed by atoms with Crippen molar-refractivity contribution in [3.8, 4) is 0 Å². The molecule has 1 atom stereocenters. The number of thiol groups is 1. The van der Waals surface area contributed by atoms with Gasteiger partial charge in [0.2, 0.25) is 0 Å². The molecule has 0 saturated carbocycles. The predicted octanol–water partition coefficient (Wildman–Crippen LogP) is 0.844. The van der Waals surface area contributed by atoms with Gasteiger partial charge in [-0.2, -0.15) is 0 Å². The number of rotatable bonds is 0. The van der Waals surface area contributed by atoms with Crippen molar-refractivity contribution in [3.63, 3.8) is 0 Å². The molecular weight excluding hydrogens is 287 g/mol. The second-order valence-electron chi connectivity index (χ2n) is 1.76. The topological polar surface area (TPSA) is 54.4 Å². The summed E-state index contributed by atoms with van der Waals surface area (Å²) >= 11 is 5.24. The summed E-state index contributed by atoms with van der Waals surface area (Å²) in [6, 6.07) is 0. The minimum atomic E-state index is -2.60. The van der Waals surface area contributed by atoms with E-state index in [-0.39, 0.29) is 10.2 Å². The molecular formula is C4H8MoO3PS2. The second-order valence-corrected chi connectivity index (χ2v) is 17.6. The first-order chi connectivity index (χ1) is 4.76. The zero-order chi connectivity index (χ0) is 9.23. The van der Waals surface area contributed by atoms with E-state index in [1.807, 2.05) is 0 Å². The first kappa shape index (κ1) is 12.1. The van der Waals surface area contributed by atoms with E-state index in [0.717, 1.165) is 0 Å². The Kier molecular flexibility index (Phi) is 4.83. The number of carbonyl (C=O) groups is 2. The molecule has 11 heavy (non-hydrogen) atoms. The Morgan fingerprint density at radius 2 is 1.73 bits per heavy atom. The summed E-state index contributed by atoms with van der Waals surface area (Å²) in [5, 5.41) is -0.568. The molecule has 1 unspecified atom stereocenters. The summed E-state index contributed by atoms with van der Waals surface area (Å²) in [5.41, 5.74) is 0. The Labute approximate surface area is 83.5 Å². The molecule has 0 saturated heterocycles. The van der Waals surface area contributed by atoms with Crippen LogP contribution in [0.3, 0.4) is 0 Å². The molecule has 0 radical (unpaired) electrons. The van der Waals surface area contributed by atoms with E-state index in [1.165, 1.54) is 33.2 Å². The Morgan fingerprint density at radius 3 is 1.73 bits per heavy atom. The standard InChI is InChI=1S/C4H8O3PS2.Mo/c1-3(5)10(4(2)6)8(7)9;/h7,9H,1-2H3;/q+1;-1. The Hall–Kier alpha value is 1.12. The first-order valence-corrected chi connectivity index (χ1v) is 9.92. The van der Waals surface area contributed by atoms with Crippen LogP contribution in [0.4, 0.5) is 0 Å².